The fourth-order valence-corrected chi connectivity index (χ4v) is 2.83. The molecule has 1 aromatic heterocycles. The van der Waals surface area contributed by atoms with Crippen molar-refractivity contribution in [2.24, 2.45) is 5.92 Å². The number of rotatable bonds is 7. The molecule has 1 unspecified atom stereocenters. The van der Waals surface area contributed by atoms with Gasteiger partial charge in [-0.15, -0.1) is 11.3 Å². The van der Waals surface area contributed by atoms with Gasteiger partial charge in [0.2, 0.25) is 0 Å². The Morgan fingerprint density at radius 2 is 2.19 bits per heavy atom. The highest BCUT2D eigenvalue weighted by atomic mass is 32.1. The predicted octanol–water partition coefficient (Wildman–Crippen LogP) is 4.05. The molecule has 0 radical (unpaired) electrons. The average molecular weight is 239 g/mol. The monoisotopic (exact) mass is 239 g/mol. The zero-order valence-electron chi connectivity index (χ0n) is 11.0. The van der Waals surface area contributed by atoms with Gasteiger partial charge in [-0.2, -0.15) is 0 Å². The lowest BCUT2D eigenvalue weighted by Gasteiger charge is -2.24. The molecule has 0 saturated carbocycles. The van der Waals surface area contributed by atoms with Crippen LogP contribution in [0.1, 0.15) is 45.4 Å². The van der Waals surface area contributed by atoms with E-state index in [0.717, 1.165) is 19.0 Å². The summed E-state index contributed by atoms with van der Waals surface area (Å²) >= 11 is 1.86. The van der Waals surface area contributed by atoms with Crippen LogP contribution in [-0.4, -0.2) is 13.1 Å². The first-order valence-electron chi connectivity index (χ1n) is 6.31. The Labute approximate surface area is 104 Å². The van der Waals surface area contributed by atoms with Gasteiger partial charge < -0.3 is 5.32 Å². The lowest BCUT2D eigenvalue weighted by Crippen LogP contribution is -2.34. The Kier molecular flexibility index (Phi) is 5.50. The summed E-state index contributed by atoms with van der Waals surface area (Å²) in [5, 5.41) is 5.77. The fraction of sp³-hybridized carbons (Fsp3) is 0.714. The summed E-state index contributed by atoms with van der Waals surface area (Å²) in [5.41, 5.74) is 0.264. The highest BCUT2D eigenvalue weighted by Crippen LogP contribution is 2.26. The van der Waals surface area contributed by atoms with Crippen LogP contribution in [0.3, 0.4) is 0 Å². The third kappa shape index (κ3) is 4.26. The Bertz CT molecular complexity index is 277. The quantitative estimate of drug-likeness (QED) is 0.757. The molecule has 0 fully saturated rings. The Balaban J connectivity index is 2.32. The number of hydrogen-bond donors (Lipinski definition) is 1. The molecule has 0 aliphatic heterocycles. The van der Waals surface area contributed by atoms with Crippen molar-refractivity contribution in [3.8, 4) is 0 Å². The average Bonchev–Trinajstić information content (AvgIpc) is 2.71. The van der Waals surface area contributed by atoms with Crippen LogP contribution in [0.25, 0.3) is 0 Å². The van der Waals surface area contributed by atoms with E-state index in [1.54, 1.807) is 0 Å². The highest BCUT2D eigenvalue weighted by molar-refractivity contribution is 7.10. The first-order valence-corrected chi connectivity index (χ1v) is 7.19. The summed E-state index contributed by atoms with van der Waals surface area (Å²) in [6.45, 7) is 11.4. The van der Waals surface area contributed by atoms with Gasteiger partial charge >= 0.3 is 0 Å². The van der Waals surface area contributed by atoms with E-state index < -0.39 is 0 Å². The topological polar surface area (TPSA) is 12.0 Å². The van der Waals surface area contributed by atoms with Crippen molar-refractivity contribution < 1.29 is 0 Å². The lowest BCUT2D eigenvalue weighted by atomic mass is 9.91. The van der Waals surface area contributed by atoms with Crippen LogP contribution in [0.4, 0.5) is 0 Å². The first kappa shape index (κ1) is 13.7. The molecule has 1 nitrogen and oxygen atoms in total. The van der Waals surface area contributed by atoms with E-state index in [9.17, 15) is 0 Å². The first-order chi connectivity index (χ1) is 7.56. The summed E-state index contributed by atoms with van der Waals surface area (Å²) in [5.74, 6) is 0.795. The second kappa shape index (κ2) is 6.41. The molecule has 16 heavy (non-hydrogen) atoms. The van der Waals surface area contributed by atoms with Crippen molar-refractivity contribution in [2.45, 2.75) is 46.0 Å². The van der Waals surface area contributed by atoms with Gasteiger partial charge in [-0.3, -0.25) is 0 Å². The van der Waals surface area contributed by atoms with Gasteiger partial charge in [0, 0.05) is 16.8 Å². The number of hydrogen-bond acceptors (Lipinski definition) is 2. The Hall–Kier alpha value is -0.340. The van der Waals surface area contributed by atoms with Crippen LogP contribution in [0.2, 0.25) is 0 Å². The number of thiophene rings is 1. The molecule has 0 aliphatic rings. The standard InChI is InChI=1S/C14H25NS/c1-5-7-12(2)10-15-11-14(3,4)13-8-6-9-16-13/h6,8-9,12,15H,5,7,10-11H2,1-4H3. The Morgan fingerprint density at radius 1 is 1.44 bits per heavy atom. The lowest BCUT2D eigenvalue weighted by molar-refractivity contribution is 0.421. The van der Waals surface area contributed by atoms with E-state index in [-0.39, 0.29) is 5.41 Å². The minimum atomic E-state index is 0.264. The maximum absolute atomic E-state index is 3.61. The van der Waals surface area contributed by atoms with Gasteiger partial charge in [-0.05, 0) is 30.3 Å². The van der Waals surface area contributed by atoms with E-state index in [4.69, 9.17) is 0 Å². The predicted molar refractivity (Wildman–Crippen MR) is 74.3 cm³/mol. The molecule has 1 N–H and O–H groups in total. The van der Waals surface area contributed by atoms with Crippen LogP contribution in [0.15, 0.2) is 17.5 Å². The van der Waals surface area contributed by atoms with Gasteiger partial charge in [0.25, 0.3) is 0 Å². The van der Waals surface area contributed by atoms with E-state index in [2.05, 4.69) is 50.5 Å². The number of nitrogens with one attached hydrogen (secondary N) is 1. The zero-order chi connectivity index (χ0) is 12.0. The van der Waals surface area contributed by atoms with E-state index >= 15 is 0 Å². The van der Waals surface area contributed by atoms with Gasteiger partial charge in [-0.25, -0.2) is 0 Å². The normalized spacial score (nSPS) is 14.0. The molecule has 1 atom stereocenters. The van der Waals surface area contributed by atoms with Crippen molar-refractivity contribution in [3.63, 3.8) is 0 Å². The van der Waals surface area contributed by atoms with E-state index in [0.29, 0.717) is 0 Å². The van der Waals surface area contributed by atoms with Gasteiger partial charge in [-0.1, -0.05) is 40.2 Å². The van der Waals surface area contributed by atoms with Crippen LogP contribution in [0, 0.1) is 5.92 Å². The summed E-state index contributed by atoms with van der Waals surface area (Å²) < 4.78 is 0. The summed E-state index contributed by atoms with van der Waals surface area (Å²) in [6.07, 6.45) is 2.61. The third-order valence-corrected chi connectivity index (χ3v) is 4.27. The van der Waals surface area contributed by atoms with Gasteiger partial charge in [0.1, 0.15) is 0 Å². The maximum atomic E-state index is 3.61. The molecule has 2 heteroatoms. The molecule has 0 bridgehead atoms. The Morgan fingerprint density at radius 3 is 2.75 bits per heavy atom. The zero-order valence-corrected chi connectivity index (χ0v) is 11.9. The van der Waals surface area contributed by atoms with Crippen LogP contribution in [-0.2, 0) is 5.41 Å². The fourth-order valence-electron chi connectivity index (χ4n) is 1.98. The highest BCUT2D eigenvalue weighted by Gasteiger charge is 2.21. The van der Waals surface area contributed by atoms with Crippen molar-refractivity contribution >= 4 is 11.3 Å². The van der Waals surface area contributed by atoms with E-state index in [1.165, 1.54) is 17.7 Å². The van der Waals surface area contributed by atoms with Crippen LogP contribution >= 0.6 is 11.3 Å². The molecule has 0 spiro atoms. The van der Waals surface area contributed by atoms with Crippen molar-refractivity contribution in [2.75, 3.05) is 13.1 Å². The molecule has 0 saturated heterocycles. The van der Waals surface area contributed by atoms with Crippen LogP contribution < -0.4 is 5.32 Å². The molecule has 1 rings (SSSR count). The largest absolute Gasteiger partial charge is 0.316 e. The van der Waals surface area contributed by atoms with E-state index in [1.807, 2.05) is 11.3 Å². The van der Waals surface area contributed by atoms with Crippen molar-refractivity contribution in [3.05, 3.63) is 22.4 Å². The van der Waals surface area contributed by atoms with Gasteiger partial charge in [0.05, 0.1) is 0 Å². The van der Waals surface area contributed by atoms with Crippen molar-refractivity contribution in [1.82, 2.24) is 5.32 Å². The smallest absolute Gasteiger partial charge is 0.0115 e. The second-order valence-electron chi connectivity index (χ2n) is 5.39. The molecule has 1 heterocycles. The maximum Gasteiger partial charge on any atom is 0.0115 e. The molecule has 92 valence electrons. The minimum absolute atomic E-state index is 0.264. The molecule has 1 aromatic rings. The minimum Gasteiger partial charge on any atom is -0.316 e. The molecule has 0 aliphatic carbocycles. The SMILES string of the molecule is CCCC(C)CNCC(C)(C)c1cccs1. The summed E-state index contributed by atoms with van der Waals surface area (Å²) in [7, 11) is 0. The van der Waals surface area contributed by atoms with Crippen LogP contribution in [0.5, 0.6) is 0 Å². The van der Waals surface area contributed by atoms with Gasteiger partial charge in [0.15, 0.2) is 0 Å². The molecule has 0 aromatic carbocycles. The van der Waals surface area contributed by atoms with Crippen molar-refractivity contribution in [1.29, 1.82) is 0 Å². The third-order valence-electron chi connectivity index (χ3n) is 3.03. The molecule has 0 amide bonds. The summed E-state index contributed by atoms with van der Waals surface area (Å²) in [4.78, 5) is 1.48. The second-order valence-corrected chi connectivity index (χ2v) is 6.33. The molecular weight excluding hydrogens is 214 g/mol. The summed E-state index contributed by atoms with van der Waals surface area (Å²) in [6, 6.07) is 4.38. The molecular formula is C14H25NS.